The quantitative estimate of drug-likeness (QED) is 0.215. The molecule has 0 aromatic heterocycles. The summed E-state index contributed by atoms with van der Waals surface area (Å²) in [6, 6.07) is 0. The molecule has 1 aliphatic heterocycles. The van der Waals surface area contributed by atoms with Gasteiger partial charge in [-0.3, -0.25) is 15.1 Å². The van der Waals surface area contributed by atoms with Gasteiger partial charge in [-0.25, -0.2) is 13.2 Å². The first-order valence-electron chi connectivity index (χ1n) is 11.7. The van der Waals surface area contributed by atoms with Crippen LogP contribution < -0.4 is 10.6 Å². The molecule has 0 spiro atoms. The normalized spacial score (nSPS) is 23.7. The fourth-order valence-electron chi connectivity index (χ4n) is 3.49. The van der Waals surface area contributed by atoms with Crippen LogP contribution >= 0.6 is 0 Å². The van der Waals surface area contributed by atoms with E-state index in [-0.39, 0.29) is 19.5 Å². The van der Waals surface area contributed by atoms with Crippen LogP contribution in [0.1, 0.15) is 33.1 Å². The summed E-state index contributed by atoms with van der Waals surface area (Å²) in [6.07, 6.45) is 8.14. The molecule has 2 rings (SSSR count). The number of carbonyl (C=O) groups excluding carboxylic acids is 1. The molecule has 36 heavy (non-hydrogen) atoms. The van der Waals surface area contributed by atoms with E-state index < -0.39 is 48.2 Å². The van der Waals surface area contributed by atoms with Crippen molar-refractivity contribution in [2.75, 3.05) is 33.4 Å². The Bertz CT molecular complexity index is 976. The molecule has 1 unspecified atom stereocenters. The highest BCUT2D eigenvalue weighted by molar-refractivity contribution is 6.00. The number of alkyl halides is 3. The van der Waals surface area contributed by atoms with Crippen LogP contribution in [0.25, 0.3) is 0 Å². The molecule has 1 amide bonds. The third-order valence-corrected chi connectivity index (χ3v) is 5.68. The van der Waals surface area contributed by atoms with E-state index in [4.69, 9.17) is 0 Å². The van der Waals surface area contributed by atoms with Crippen molar-refractivity contribution in [1.29, 1.82) is 0 Å². The van der Waals surface area contributed by atoms with E-state index in [0.29, 0.717) is 35.9 Å². The van der Waals surface area contributed by atoms with Crippen LogP contribution in [-0.2, 0) is 4.79 Å². The van der Waals surface area contributed by atoms with Crippen LogP contribution in [-0.4, -0.2) is 83.4 Å². The lowest BCUT2D eigenvalue weighted by molar-refractivity contribution is -0.130. The fourth-order valence-corrected chi connectivity index (χ4v) is 3.49. The van der Waals surface area contributed by atoms with Crippen LogP contribution in [0.2, 0.25) is 0 Å². The minimum absolute atomic E-state index is 0.0544. The number of nitrogens with one attached hydrogen (secondary N) is 2. The van der Waals surface area contributed by atoms with Crippen molar-refractivity contribution < 1.29 is 33.3 Å². The monoisotopic (exact) mass is 512 g/mol. The molecule has 0 bridgehead atoms. The van der Waals surface area contributed by atoms with Gasteiger partial charge in [0.15, 0.2) is 0 Å². The molecule has 0 aromatic rings. The number of aliphatic imine (C=N–C) groups is 1. The van der Waals surface area contributed by atoms with Gasteiger partial charge in [0.25, 0.3) is 11.8 Å². The van der Waals surface area contributed by atoms with Crippen LogP contribution in [0.4, 0.5) is 13.2 Å². The summed E-state index contributed by atoms with van der Waals surface area (Å²) in [5.74, 6) is -5.06. The molecule has 5 N–H and O–H groups in total. The predicted octanol–water partition coefficient (Wildman–Crippen LogP) is 2.65. The number of rotatable bonds is 11. The number of nitrogens with zero attached hydrogens (tertiary/aromatic N) is 2. The molecular formula is C25H35F3N4O4. The fraction of sp³-hybridized carbons (Fsp3) is 0.520. The van der Waals surface area contributed by atoms with Crippen molar-refractivity contribution in [2.45, 2.75) is 50.9 Å². The molecule has 11 heteroatoms. The molecule has 1 atom stereocenters. The Balaban J connectivity index is 2.51. The smallest absolute Gasteiger partial charge is 0.263 e. The Morgan fingerprint density at radius 3 is 2.64 bits per heavy atom. The Labute approximate surface area is 209 Å². The SMILES string of the molecule is C/C=C(\C=C/CF)CC1=CCN=C/C(O)=C(/C(O)NCC2(O)CC2)C(=O)N(CC(C)(F)F)/C=C/1NC. The summed E-state index contributed by atoms with van der Waals surface area (Å²) >= 11 is 0. The van der Waals surface area contributed by atoms with Crippen LogP contribution in [0.3, 0.4) is 0 Å². The lowest BCUT2D eigenvalue weighted by atomic mass is 10.0. The van der Waals surface area contributed by atoms with Gasteiger partial charge < -0.3 is 25.5 Å². The summed E-state index contributed by atoms with van der Waals surface area (Å²) in [5.41, 5.74) is 0.0726. The summed E-state index contributed by atoms with van der Waals surface area (Å²) < 4.78 is 40.9. The standard InChI is InChI=1S/C25H35F3N4O4/c1-4-17(6-5-10-26)12-18-7-11-30-13-20(33)21(22(34)31-15-25(36)8-9-25)23(35)32(14-19(18)29-3)16-24(2,27)28/h4-7,13-14,22,29,31,33-34,36H,8-12,15-16H2,1-3H3/b6-5-,17-4+,18-7?,19-14-,21-20+,30-13?. The number of amides is 1. The highest BCUT2D eigenvalue weighted by Crippen LogP contribution is 2.34. The molecule has 2 aliphatic rings. The maximum Gasteiger partial charge on any atom is 0.263 e. The van der Waals surface area contributed by atoms with E-state index >= 15 is 0 Å². The Kier molecular flexibility index (Phi) is 10.5. The molecular weight excluding hydrogens is 477 g/mol. The number of likely N-dealkylation sites (N-methyl/N-ethyl adjacent to an activating group) is 1. The Morgan fingerprint density at radius 1 is 1.39 bits per heavy atom. The van der Waals surface area contributed by atoms with Crippen LogP contribution in [0.5, 0.6) is 0 Å². The zero-order chi connectivity index (χ0) is 26.9. The largest absolute Gasteiger partial charge is 0.506 e. The van der Waals surface area contributed by atoms with E-state index in [1.807, 2.05) is 0 Å². The maximum atomic E-state index is 14.1. The van der Waals surface area contributed by atoms with Crippen molar-refractivity contribution in [3.63, 3.8) is 0 Å². The number of allylic oxidation sites excluding steroid dienone is 6. The first-order valence-corrected chi connectivity index (χ1v) is 11.7. The first kappa shape index (κ1) is 29.3. The third kappa shape index (κ3) is 8.96. The molecule has 1 saturated carbocycles. The van der Waals surface area contributed by atoms with Gasteiger partial charge in [0, 0.05) is 26.7 Å². The maximum absolute atomic E-state index is 14.1. The predicted molar refractivity (Wildman–Crippen MR) is 132 cm³/mol. The minimum atomic E-state index is -3.30. The van der Waals surface area contributed by atoms with E-state index in [9.17, 15) is 33.3 Å². The lowest BCUT2D eigenvalue weighted by Crippen LogP contribution is -2.45. The molecule has 200 valence electrons. The molecule has 1 fully saturated rings. The Morgan fingerprint density at radius 2 is 2.08 bits per heavy atom. The molecule has 1 heterocycles. The second kappa shape index (κ2) is 12.9. The van der Waals surface area contributed by atoms with Gasteiger partial charge in [0.1, 0.15) is 24.2 Å². The van der Waals surface area contributed by atoms with E-state index in [1.165, 1.54) is 12.3 Å². The zero-order valence-corrected chi connectivity index (χ0v) is 20.8. The average Bonchev–Trinajstić information content (AvgIpc) is 3.56. The molecule has 0 radical (unpaired) electrons. The van der Waals surface area contributed by atoms with Gasteiger partial charge in [-0.05, 0) is 37.3 Å². The van der Waals surface area contributed by atoms with Gasteiger partial charge in [-0.2, -0.15) is 0 Å². The van der Waals surface area contributed by atoms with E-state index in [1.54, 1.807) is 32.2 Å². The molecule has 8 nitrogen and oxygen atoms in total. The number of hydrogen-bond donors (Lipinski definition) is 5. The van der Waals surface area contributed by atoms with Gasteiger partial charge in [-0.1, -0.05) is 24.3 Å². The third-order valence-electron chi connectivity index (χ3n) is 5.68. The van der Waals surface area contributed by atoms with Crippen molar-refractivity contribution in [1.82, 2.24) is 15.5 Å². The van der Waals surface area contributed by atoms with Crippen molar-refractivity contribution in [3.8, 4) is 0 Å². The number of aliphatic hydroxyl groups excluding tert-OH is 2. The summed E-state index contributed by atoms with van der Waals surface area (Å²) in [5, 5.41) is 36.8. The topological polar surface area (TPSA) is 117 Å². The van der Waals surface area contributed by atoms with Gasteiger partial charge in [0.05, 0.1) is 30.6 Å². The second-order valence-corrected chi connectivity index (χ2v) is 8.92. The highest BCUT2D eigenvalue weighted by Gasteiger charge is 2.41. The van der Waals surface area contributed by atoms with Gasteiger partial charge in [0.2, 0.25) is 0 Å². The number of halogens is 3. The number of hydrogen-bond acceptors (Lipinski definition) is 7. The summed E-state index contributed by atoms with van der Waals surface area (Å²) in [6.45, 7) is 0.755. The van der Waals surface area contributed by atoms with E-state index in [2.05, 4.69) is 15.6 Å². The lowest BCUT2D eigenvalue weighted by Gasteiger charge is -2.27. The molecule has 0 saturated heterocycles. The van der Waals surface area contributed by atoms with Crippen LogP contribution in [0, 0.1) is 0 Å². The van der Waals surface area contributed by atoms with Crippen LogP contribution in [0.15, 0.2) is 63.7 Å². The number of carbonyl (C=O) groups is 1. The van der Waals surface area contributed by atoms with Gasteiger partial charge in [-0.15, -0.1) is 0 Å². The minimum Gasteiger partial charge on any atom is -0.506 e. The van der Waals surface area contributed by atoms with Gasteiger partial charge >= 0.3 is 0 Å². The summed E-state index contributed by atoms with van der Waals surface area (Å²) in [4.78, 5) is 18.2. The first-order chi connectivity index (χ1) is 16.9. The molecule has 1 aliphatic carbocycles. The van der Waals surface area contributed by atoms with Crippen molar-refractivity contribution in [2.24, 2.45) is 4.99 Å². The number of aliphatic hydroxyl groups is 3. The highest BCUT2D eigenvalue weighted by atomic mass is 19.3. The zero-order valence-electron chi connectivity index (χ0n) is 20.8. The second-order valence-electron chi connectivity index (χ2n) is 8.92. The van der Waals surface area contributed by atoms with E-state index in [0.717, 1.165) is 11.8 Å². The molecule has 0 aromatic carbocycles. The average molecular weight is 513 g/mol. The van der Waals surface area contributed by atoms with Crippen molar-refractivity contribution >= 4 is 12.1 Å². The Hall–Kier alpha value is -2.89. The summed E-state index contributed by atoms with van der Waals surface area (Å²) in [7, 11) is 1.56. The van der Waals surface area contributed by atoms with Crippen molar-refractivity contribution in [3.05, 3.63) is 58.7 Å².